The number of benzene rings is 2. The van der Waals surface area contributed by atoms with E-state index >= 15 is 0 Å². The smallest absolute Gasteiger partial charge is 0.152 e. The molecular weight excluding hydrogens is 340 g/mol. The predicted molar refractivity (Wildman–Crippen MR) is 104 cm³/mol. The highest BCUT2D eigenvalue weighted by Gasteiger charge is 2.08. The molecule has 0 fully saturated rings. The maximum atomic E-state index is 6.12. The van der Waals surface area contributed by atoms with Gasteiger partial charge in [-0.15, -0.1) is 0 Å². The van der Waals surface area contributed by atoms with Gasteiger partial charge in [-0.2, -0.15) is 0 Å². The lowest BCUT2D eigenvalue weighted by Crippen LogP contribution is -2.04. The summed E-state index contributed by atoms with van der Waals surface area (Å²) >= 11 is 0. The van der Waals surface area contributed by atoms with Crippen molar-refractivity contribution in [1.29, 1.82) is 0 Å². The summed E-state index contributed by atoms with van der Waals surface area (Å²) in [6, 6.07) is 20.9. The summed E-state index contributed by atoms with van der Waals surface area (Å²) in [6.07, 6.45) is 1.72. The van der Waals surface area contributed by atoms with Gasteiger partial charge in [0, 0.05) is 23.2 Å². The number of methoxy groups -OCH3 is 2. The largest absolute Gasteiger partial charge is 0.497 e. The Morgan fingerprint density at radius 1 is 0.852 bits per heavy atom. The van der Waals surface area contributed by atoms with Gasteiger partial charge in [-0.3, -0.25) is 0 Å². The number of aromatic nitrogens is 1. The molecule has 0 bridgehead atoms. The fourth-order valence-electron chi connectivity index (χ4n) is 2.81. The lowest BCUT2D eigenvalue weighted by Gasteiger charge is -2.07. The molecule has 4 aromatic rings. The standard InChI is InChI=1S/C22H18N2O3/c1-25-16-8-6-15(7-9-16)21-14-19(24-22-5-3-4-12-23-22)18-13-17(26-2)10-11-20(18)27-21/h3-14H,1-2H3/b24-19+. The van der Waals surface area contributed by atoms with Crippen LogP contribution in [0.15, 0.2) is 82.3 Å². The normalized spacial score (nSPS) is 11.6. The highest BCUT2D eigenvalue weighted by Crippen LogP contribution is 2.26. The van der Waals surface area contributed by atoms with Gasteiger partial charge in [0.15, 0.2) is 5.82 Å². The van der Waals surface area contributed by atoms with Crippen LogP contribution in [0.25, 0.3) is 22.3 Å². The molecule has 5 nitrogen and oxygen atoms in total. The summed E-state index contributed by atoms with van der Waals surface area (Å²) in [6.45, 7) is 0. The topological polar surface area (TPSA) is 56.9 Å². The van der Waals surface area contributed by atoms with Crippen LogP contribution in [-0.2, 0) is 0 Å². The second-order valence-electron chi connectivity index (χ2n) is 5.89. The van der Waals surface area contributed by atoms with E-state index in [0.717, 1.165) is 33.4 Å². The van der Waals surface area contributed by atoms with Gasteiger partial charge in [0.05, 0.1) is 19.6 Å². The fraction of sp³-hybridized carbons (Fsp3) is 0.0909. The molecule has 0 aliphatic heterocycles. The summed E-state index contributed by atoms with van der Waals surface area (Å²) in [5, 5.41) is 1.62. The zero-order valence-electron chi connectivity index (χ0n) is 15.0. The fourth-order valence-corrected chi connectivity index (χ4v) is 2.81. The number of pyridine rings is 1. The highest BCUT2D eigenvalue weighted by atomic mass is 16.5. The molecule has 0 unspecified atom stereocenters. The Kier molecular flexibility index (Phi) is 4.58. The lowest BCUT2D eigenvalue weighted by molar-refractivity contribution is 0.414. The first-order valence-electron chi connectivity index (χ1n) is 8.49. The second-order valence-corrected chi connectivity index (χ2v) is 5.89. The Morgan fingerprint density at radius 3 is 2.33 bits per heavy atom. The number of rotatable bonds is 4. The molecule has 0 saturated carbocycles. The molecule has 0 aliphatic carbocycles. The van der Waals surface area contributed by atoms with Crippen LogP contribution in [0.4, 0.5) is 5.82 Å². The number of fused-ring (bicyclic) bond motifs is 1. The number of ether oxygens (including phenoxy) is 2. The number of hydrogen-bond acceptors (Lipinski definition) is 5. The molecule has 0 amide bonds. The minimum absolute atomic E-state index is 0.633. The van der Waals surface area contributed by atoms with Gasteiger partial charge in [-0.1, -0.05) is 6.07 Å². The quantitative estimate of drug-likeness (QED) is 0.528. The van der Waals surface area contributed by atoms with E-state index in [1.807, 2.05) is 66.7 Å². The first kappa shape index (κ1) is 16.8. The van der Waals surface area contributed by atoms with E-state index in [1.165, 1.54) is 0 Å². The highest BCUT2D eigenvalue weighted by molar-refractivity contribution is 5.80. The van der Waals surface area contributed by atoms with Gasteiger partial charge < -0.3 is 13.9 Å². The molecule has 0 N–H and O–H groups in total. The summed E-state index contributed by atoms with van der Waals surface area (Å²) in [5.41, 5.74) is 1.66. The third-order valence-electron chi connectivity index (χ3n) is 4.21. The van der Waals surface area contributed by atoms with Crippen LogP contribution in [0.2, 0.25) is 0 Å². The second kappa shape index (κ2) is 7.33. The van der Waals surface area contributed by atoms with Crippen LogP contribution in [0, 0.1) is 0 Å². The maximum absolute atomic E-state index is 6.12. The van der Waals surface area contributed by atoms with Crippen molar-refractivity contribution in [2.45, 2.75) is 0 Å². The molecular formula is C22H18N2O3. The van der Waals surface area contributed by atoms with Crippen molar-refractivity contribution >= 4 is 16.8 Å². The third-order valence-corrected chi connectivity index (χ3v) is 4.21. The summed E-state index contributed by atoms with van der Waals surface area (Å²) in [5.74, 6) is 2.88. The van der Waals surface area contributed by atoms with Crippen LogP contribution in [0.5, 0.6) is 11.5 Å². The Morgan fingerprint density at radius 2 is 1.63 bits per heavy atom. The van der Waals surface area contributed by atoms with Gasteiger partial charge in [0.25, 0.3) is 0 Å². The van der Waals surface area contributed by atoms with Gasteiger partial charge in [0.2, 0.25) is 0 Å². The van der Waals surface area contributed by atoms with Gasteiger partial charge in [0.1, 0.15) is 22.8 Å². The van der Waals surface area contributed by atoms with Gasteiger partial charge in [-0.05, 0) is 54.6 Å². The minimum atomic E-state index is 0.633. The Balaban J connectivity index is 1.95. The van der Waals surface area contributed by atoms with Crippen LogP contribution in [-0.4, -0.2) is 19.2 Å². The molecule has 0 aliphatic rings. The van der Waals surface area contributed by atoms with Gasteiger partial charge in [-0.25, -0.2) is 9.98 Å². The van der Waals surface area contributed by atoms with E-state index in [1.54, 1.807) is 20.4 Å². The first-order chi connectivity index (χ1) is 13.3. The van der Waals surface area contributed by atoms with Crippen LogP contribution in [0.3, 0.4) is 0 Å². The molecule has 0 atom stereocenters. The molecule has 134 valence electrons. The molecule has 2 aromatic carbocycles. The van der Waals surface area contributed by atoms with E-state index in [0.29, 0.717) is 11.6 Å². The average molecular weight is 358 g/mol. The Labute approximate surface area is 156 Å². The van der Waals surface area contributed by atoms with Crippen molar-refractivity contribution < 1.29 is 13.9 Å². The molecule has 2 aromatic heterocycles. The SMILES string of the molecule is COc1ccc(-c2c/c(=N\c3ccccn3)c3cc(OC)ccc3o2)cc1. The van der Waals surface area contributed by atoms with Gasteiger partial charge >= 0.3 is 0 Å². The summed E-state index contributed by atoms with van der Waals surface area (Å²) in [7, 11) is 3.28. The minimum Gasteiger partial charge on any atom is -0.497 e. The summed E-state index contributed by atoms with van der Waals surface area (Å²) < 4.78 is 16.7. The maximum Gasteiger partial charge on any atom is 0.152 e. The predicted octanol–water partition coefficient (Wildman–Crippen LogP) is 4.74. The van der Waals surface area contributed by atoms with Crippen molar-refractivity contribution in [3.8, 4) is 22.8 Å². The molecule has 4 rings (SSSR count). The van der Waals surface area contributed by atoms with E-state index in [-0.39, 0.29) is 0 Å². The van der Waals surface area contributed by atoms with E-state index < -0.39 is 0 Å². The van der Waals surface area contributed by atoms with E-state index in [2.05, 4.69) is 4.98 Å². The van der Waals surface area contributed by atoms with Crippen molar-refractivity contribution in [2.75, 3.05) is 14.2 Å². The molecule has 27 heavy (non-hydrogen) atoms. The molecule has 2 heterocycles. The van der Waals surface area contributed by atoms with Crippen LogP contribution in [0.1, 0.15) is 0 Å². The van der Waals surface area contributed by atoms with Crippen molar-refractivity contribution in [3.05, 3.63) is 78.3 Å². The zero-order valence-corrected chi connectivity index (χ0v) is 15.0. The Bertz CT molecular complexity index is 1130. The van der Waals surface area contributed by atoms with Crippen molar-refractivity contribution in [3.63, 3.8) is 0 Å². The van der Waals surface area contributed by atoms with Crippen LogP contribution < -0.4 is 14.8 Å². The van der Waals surface area contributed by atoms with E-state index in [9.17, 15) is 0 Å². The molecule has 0 radical (unpaired) electrons. The zero-order chi connectivity index (χ0) is 18.6. The number of hydrogen-bond donors (Lipinski definition) is 0. The summed E-state index contributed by atoms with van der Waals surface area (Å²) in [4.78, 5) is 9.02. The van der Waals surface area contributed by atoms with Crippen molar-refractivity contribution in [2.24, 2.45) is 4.99 Å². The first-order valence-corrected chi connectivity index (χ1v) is 8.49. The monoisotopic (exact) mass is 358 g/mol. The third kappa shape index (κ3) is 3.53. The molecule has 5 heteroatoms. The van der Waals surface area contributed by atoms with Crippen molar-refractivity contribution in [1.82, 2.24) is 4.98 Å². The Hall–Kier alpha value is -3.60. The van der Waals surface area contributed by atoms with Crippen LogP contribution >= 0.6 is 0 Å². The van der Waals surface area contributed by atoms with E-state index in [4.69, 9.17) is 18.9 Å². The molecule has 0 saturated heterocycles. The average Bonchev–Trinajstić information content (AvgIpc) is 2.74. The lowest BCUT2D eigenvalue weighted by atomic mass is 10.1. The molecule has 0 spiro atoms. The number of nitrogens with zero attached hydrogens (tertiary/aromatic N) is 2.